The molecule has 0 unspecified atom stereocenters. The van der Waals surface area contributed by atoms with Gasteiger partial charge in [0.1, 0.15) is 5.75 Å². The van der Waals surface area contributed by atoms with Crippen molar-refractivity contribution in [2.45, 2.75) is 12.6 Å². The van der Waals surface area contributed by atoms with Crippen molar-refractivity contribution in [3.63, 3.8) is 0 Å². The number of hydrogen-bond acceptors (Lipinski definition) is 3. The van der Waals surface area contributed by atoms with Crippen molar-refractivity contribution in [3.05, 3.63) is 90.0 Å². The van der Waals surface area contributed by atoms with Gasteiger partial charge in [-0.3, -0.25) is 9.69 Å². The van der Waals surface area contributed by atoms with E-state index in [2.05, 4.69) is 0 Å². The number of anilines is 2. The zero-order chi connectivity index (χ0) is 19.0. The lowest BCUT2D eigenvalue weighted by Crippen LogP contribution is -2.55. The largest absolute Gasteiger partial charge is 0.463 e. The molecule has 4 rings (SSSR count). The van der Waals surface area contributed by atoms with Gasteiger partial charge in [-0.05, 0) is 36.4 Å². The van der Waals surface area contributed by atoms with Crippen molar-refractivity contribution in [2.24, 2.45) is 0 Å². The van der Waals surface area contributed by atoms with E-state index in [0.717, 1.165) is 16.9 Å². The summed E-state index contributed by atoms with van der Waals surface area (Å²) in [6, 6.07) is 25.2. The van der Waals surface area contributed by atoms with E-state index < -0.39 is 5.72 Å². The number of amides is 1. The second kappa shape index (κ2) is 6.47. The Hall–Kier alpha value is -3.27. The van der Waals surface area contributed by atoms with E-state index in [9.17, 15) is 4.79 Å². The summed E-state index contributed by atoms with van der Waals surface area (Å²) in [7, 11) is 4.01. The van der Waals surface area contributed by atoms with Crippen molar-refractivity contribution < 1.29 is 9.53 Å². The SMILES string of the molecule is CN(C)c1ccc([C@@]2(C)Oc3ccccc3C(=O)N2c2ccccc2)cc1. The highest BCUT2D eigenvalue weighted by Crippen LogP contribution is 2.42. The van der Waals surface area contributed by atoms with Crippen LogP contribution in [-0.2, 0) is 5.72 Å². The first-order chi connectivity index (χ1) is 13.0. The Labute approximate surface area is 159 Å². The first-order valence-electron chi connectivity index (χ1n) is 8.96. The van der Waals surface area contributed by atoms with Crippen LogP contribution >= 0.6 is 0 Å². The molecule has 3 aromatic carbocycles. The number of nitrogens with zero attached hydrogens (tertiary/aromatic N) is 2. The maximum Gasteiger partial charge on any atom is 0.265 e. The highest BCUT2D eigenvalue weighted by molar-refractivity contribution is 6.09. The maximum absolute atomic E-state index is 13.4. The van der Waals surface area contributed by atoms with Crippen LogP contribution in [0.1, 0.15) is 22.8 Å². The number of ether oxygens (including phenoxy) is 1. The predicted octanol–water partition coefficient (Wildman–Crippen LogP) is 4.66. The molecule has 0 saturated heterocycles. The van der Waals surface area contributed by atoms with Gasteiger partial charge < -0.3 is 9.64 Å². The Morgan fingerprint density at radius 3 is 2.15 bits per heavy atom. The number of fused-ring (bicyclic) bond motifs is 1. The summed E-state index contributed by atoms with van der Waals surface area (Å²) >= 11 is 0. The first-order valence-corrected chi connectivity index (χ1v) is 8.96. The number of benzene rings is 3. The van der Waals surface area contributed by atoms with Crippen LogP contribution in [0, 0.1) is 0 Å². The van der Waals surface area contributed by atoms with Gasteiger partial charge in [0.2, 0.25) is 5.72 Å². The van der Waals surface area contributed by atoms with Gasteiger partial charge in [-0.2, -0.15) is 0 Å². The molecule has 0 aromatic heterocycles. The lowest BCUT2D eigenvalue weighted by Gasteiger charge is -2.45. The Kier molecular flexibility index (Phi) is 4.11. The van der Waals surface area contributed by atoms with Gasteiger partial charge in [0.05, 0.1) is 5.56 Å². The van der Waals surface area contributed by atoms with Gasteiger partial charge in [-0.25, -0.2) is 0 Å². The van der Waals surface area contributed by atoms with Gasteiger partial charge >= 0.3 is 0 Å². The van der Waals surface area contributed by atoms with Crippen LogP contribution in [-0.4, -0.2) is 20.0 Å². The van der Waals surface area contributed by atoms with Crippen LogP contribution in [0.5, 0.6) is 5.75 Å². The molecule has 4 heteroatoms. The smallest absolute Gasteiger partial charge is 0.265 e. The quantitative estimate of drug-likeness (QED) is 0.682. The van der Waals surface area contributed by atoms with Gasteiger partial charge in [0.15, 0.2) is 0 Å². The number of rotatable bonds is 3. The molecular weight excluding hydrogens is 336 g/mol. The fraction of sp³-hybridized carbons (Fsp3) is 0.174. The molecule has 0 bridgehead atoms. The molecule has 1 aliphatic heterocycles. The molecule has 1 aliphatic rings. The summed E-state index contributed by atoms with van der Waals surface area (Å²) in [5, 5.41) is 0. The van der Waals surface area contributed by atoms with Crippen LogP contribution in [0.2, 0.25) is 0 Å². The average molecular weight is 358 g/mol. The number of para-hydroxylation sites is 2. The molecule has 0 radical (unpaired) electrons. The first kappa shape index (κ1) is 17.2. The highest BCUT2D eigenvalue weighted by atomic mass is 16.5. The molecule has 1 heterocycles. The van der Waals surface area contributed by atoms with E-state index in [0.29, 0.717) is 11.3 Å². The zero-order valence-electron chi connectivity index (χ0n) is 15.7. The lowest BCUT2D eigenvalue weighted by atomic mass is 9.97. The van der Waals surface area contributed by atoms with Crippen LogP contribution in [0.25, 0.3) is 0 Å². The van der Waals surface area contributed by atoms with Crippen molar-refractivity contribution >= 4 is 17.3 Å². The molecule has 0 fully saturated rings. The van der Waals surface area contributed by atoms with E-state index in [1.54, 1.807) is 4.90 Å². The fourth-order valence-corrected chi connectivity index (χ4v) is 3.50. The molecule has 0 saturated carbocycles. The molecule has 0 spiro atoms. The van der Waals surface area contributed by atoms with E-state index in [1.165, 1.54) is 0 Å². The standard InChI is InChI=1S/C23H22N2O2/c1-23(17-13-15-18(16-14-17)24(2)3)25(19-9-5-4-6-10-19)22(26)20-11-7-8-12-21(20)27-23/h4-16H,1-3H3/t23-/m1/s1. The summed E-state index contributed by atoms with van der Waals surface area (Å²) in [4.78, 5) is 17.2. The summed E-state index contributed by atoms with van der Waals surface area (Å²) in [5.41, 5.74) is 2.44. The summed E-state index contributed by atoms with van der Waals surface area (Å²) in [6.07, 6.45) is 0. The third-order valence-electron chi connectivity index (χ3n) is 4.99. The minimum atomic E-state index is -0.947. The third kappa shape index (κ3) is 2.83. The fourth-order valence-electron chi connectivity index (χ4n) is 3.50. The molecule has 1 atom stereocenters. The molecule has 1 amide bonds. The second-order valence-corrected chi connectivity index (χ2v) is 7.00. The molecule has 3 aromatic rings. The van der Waals surface area contributed by atoms with Crippen molar-refractivity contribution in [3.8, 4) is 5.75 Å². The number of hydrogen-bond donors (Lipinski definition) is 0. The molecule has 0 aliphatic carbocycles. The minimum absolute atomic E-state index is 0.0674. The summed E-state index contributed by atoms with van der Waals surface area (Å²) < 4.78 is 6.43. The van der Waals surface area contributed by atoms with Crippen LogP contribution in [0.4, 0.5) is 11.4 Å². The minimum Gasteiger partial charge on any atom is -0.463 e. The normalized spacial score (nSPS) is 18.6. The molecule has 27 heavy (non-hydrogen) atoms. The number of carbonyl (C=O) groups is 1. The van der Waals surface area contributed by atoms with Crippen LogP contribution in [0.15, 0.2) is 78.9 Å². The lowest BCUT2D eigenvalue weighted by molar-refractivity contribution is 0.0522. The van der Waals surface area contributed by atoms with Crippen LogP contribution < -0.4 is 14.5 Å². The van der Waals surface area contributed by atoms with Crippen LogP contribution in [0.3, 0.4) is 0 Å². The Bertz CT molecular complexity index is 967. The maximum atomic E-state index is 13.4. The van der Waals surface area contributed by atoms with E-state index in [4.69, 9.17) is 4.74 Å². The summed E-state index contributed by atoms with van der Waals surface area (Å²) in [5.74, 6) is 0.538. The topological polar surface area (TPSA) is 32.8 Å². The van der Waals surface area contributed by atoms with Crippen molar-refractivity contribution in [1.29, 1.82) is 0 Å². The van der Waals surface area contributed by atoms with Gasteiger partial charge in [-0.1, -0.05) is 42.5 Å². The Morgan fingerprint density at radius 2 is 1.48 bits per heavy atom. The predicted molar refractivity (Wildman–Crippen MR) is 108 cm³/mol. The van der Waals surface area contributed by atoms with Gasteiger partial charge in [0, 0.05) is 38.0 Å². The zero-order valence-corrected chi connectivity index (χ0v) is 15.7. The number of carbonyl (C=O) groups excluding carboxylic acids is 1. The Balaban J connectivity index is 1.88. The monoisotopic (exact) mass is 358 g/mol. The average Bonchev–Trinajstić information content (AvgIpc) is 2.69. The highest BCUT2D eigenvalue weighted by Gasteiger charge is 2.45. The summed E-state index contributed by atoms with van der Waals surface area (Å²) in [6.45, 7) is 1.94. The molecular formula is C23H22N2O2. The van der Waals surface area contributed by atoms with Gasteiger partial charge in [0.25, 0.3) is 5.91 Å². The molecule has 136 valence electrons. The van der Waals surface area contributed by atoms with Gasteiger partial charge in [-0.15, -0.1) is 0 Å². The van der Waals surface area contributed by atoms with Crippen molar-refractivity contribution in [2.75, 3.05) is 23.9 Å². The van der Waals surface area contributed by atoms with E-state index >= 15 is 0 Å². The van der Waals surface area contributed by atoms with Crippen molar-refractivity contribution in [1.82, 2.24) is 0 Å². The van der Waals surface area contributed by atoms with E-state index in [-0.39, 0.29) is 5.91 Å². The third-order valence-corrected chi connectivity index (χ3v) is 4.99. The second-order valence-electron chi connectivity index (χ2n) is 7.00. The van der Waals surface area contributed by atoms with E-state index in [1.807, 2.05) is 105 Å². The molecule has 0 N–H and O–H groups in total. The Morgan fingerprint density at radius 1 is 0.852 bits per heavy atom. The molecule has 4 nitrogen and oxygen atoms in total.